The zero-order valence-corrected chi connectivity index (χ0v) is 13.6. The van der Waals surface area contributed by atoms with E-state index in [-0.39, 0.29) is 18.4 Å². The molecule has 0 saturated heterocycles. The molecule has 0 aliphatic carbocycles. The molecule has 128 valence electrons. The number of ether oxygens (including phenoxy) is 2. The van der Waals surface area contributed by atoms with Crippen LogP contribution in [0.5, 0.6) is 11.6 Å². The van der Waals surface area contributed by atoms with E-state index in [0.29, 0.717) is 23.6 Å². The molecule has 0 radical (unpaired) electrons. The Morgan fingerprint density at radius 1 is 1.44 bits per heavy atom. The summed E-state index contributed by atoms with van der Waals surface area (Å²) in [5.41, 5.74) is 13.8. The van der Waals surface area contributed by atoms with Crippen molar-refractivity contribution in [3.63, 3.8) is 0 Å². The second-order valence-electron chi connectivity index (χ2n) is 5.52. The Morgan fingerprint density at radius 3 is 2.76 bits per heavy atom. The lowest BCUT2D eigenvalue weighted by Gasteiger charge is -2.24. The second kappa shape index (κ2) is 6.57. The average molecular weight is 339 g/mol. The predicted octanol–water partition coefficient (Wildman–Crippen LogP) is 1.05. The number of aromatic amines is 1. The van der Waals surface area contributed by atoms with Crippen molar-refractivity contribution in [1.29, 1.82) is 5.26 Å². The third kappa shape index (κ3) is 2.99. The van der Waals surface area contributed by atoms with Gasteiger partial charge in [-0.25, -0.2) is 0 Å². The number of hydrogen-bond donors (Lipinski definition) is 3. The first-order valence-corrected chi connectivity index (χ1v) is 7.70. The van der Waals surface area contributed by atoms with Crippen LogP contribution in [0.25, 0.3) is 0 Å². The van der Waals surface area contributed by atoms with Crippen LogP contribution in [0.2, 0.25) is 0 Å². The third-order valence-electron chi connectivity index (χ3n) is 3.97. The van der Waals surface area contributed by atoms with E-state index in [4.69, 9.17) is 20.9 Å². The van der Waals surface area contributed by atoms with Crippen molar-refractivity contribution in [3.8, 4) is 17.7 Å². The minimum atomic E-state index is -0.549. The van der Waals surface area contributed by atoms with Crippen LogP contribution < -0.4 is 20.9 Å². The quantitative estimate of drug-likeness (QED) is 0.744. The van der Waals surface area contributed by atoms with Gasteiger partial charge in [0.15, 0.2) is 6.61 Å². The maximum atomic E-state index is 10.8. The van der Waals surface area contributed by atoms with Crippen molar-refractivity contribution in [2.45, 2.75) is 19.3 Å². The summed E-state index contributed by atoms with van der Waals surface area (Å²) in [6.45, 7) is 1.79. The fraction of sp³-hybridized carbons (Fsp3) is 0.235. The van der Waals surface area contributed by atoms with Gasteiger partial charge >= 0.3 is 0 Å². The van der Waals surface area contributed by atoms with Crippen molar-refractivity contribution < 1.29 is 14.3 Å². The normalized spacial score (nSPS) is 15.9. The lowest BCUT2D eigenvalue weighted by Crippen LogP contribution is -2.21. The average Bonchev–Trinajstić information content (AvgIpc) is 3.01. The van der Waals surface area contributed by atoms with Crippen LogP contribution in [0.4, 0.5) is 0 Å². The number of carbonyl (C=O) groups excluding carboxylic acids is 1. The van der Waals surface area contributed by atoms with Gasteiger partial charge in [-0.2, -0.15) is 5.26 Å². The molecule has 2 heterocycles. The number of hydrogen-bond acceptors (Lipinski definition) is 6. The number of rotatable bonds is 5. The molecule has 1 amide bonds. The first kappa shape index (κ1) is 16.4. The van der Waals surface area contributed by atoms with Gasteiger partial charge in [-0.15, -0.1) is 5.10 Å². The summed E-state index contributed by atoms with van der Waals surface area (Å²) < 4.78 is 10.7. The van der Waals surface area contributed by atoms with Gasteiger partial charge in [0, 0.05) is 11.3 Å². The van der Waals surface area contributed by atoms with E-state index in [9.17, 15) is 10.1 Å². The summed E-state index contributed by atoms with van der Waals surface area (Å²) in [5.74, 6) is 0.00283. The Labute approximate surface area is 144 Å². The smallest absolute Gasteiger partial charge is 0.255 e. The van der Waals surface area contributed by atoms with Crippen molar-refractivity contribution in [2.24, 2.45) is 11.5 Å². The molecule has 0 saturated carbocycles. The third-order valence-corrected chi connectivity index (χ3v) is 3.97. The molecule has 25 heavy (non-hydrogen) atoms. The Bertz CT molecular complexity index is 877. The van der Waals surface area contributed by atoms with Crippen molar-refractivity contribution >= 4 is 5.91 Å². The molecule has 2 aromatic rings. The molecule has 1 aromatic carbocycles. The van der Waals surface area contributed by atoms with Crippen LogP contribution in [0.1, 0.15) is 29.7 Å². The molecular weight excluding hydrogens is 322 g/mol. The van der Waals surface area contributed by atoms with Crippen LogP contribution >= 0.6 is 0 Å². The number of allylic oxidation sites excluding steroid dienone is 1. The molecule has 1 aliphatic rings. The SMILES string of the molecule is CCc1[nH]nc2c1[C@H](c1ccc(OCC(N)=O)cc1)C(C#N)=C(N)O2. The molecule has 1 atom stereocenters. The predicted molar refractivity (Wildman–Crippen MR) is 88.4 cm³/mol. The number of benzene rings is 1. The summed E-state index contributed by atoms with van der Waals surface area (Å²) in [6.07, 6.45) is 0.709. The maximum absolute atomic E-state index is 10.8. The number of H-pyrrole nitrogens is 1. The van der Waals surface area contributed by atoms with E-state index in [1.165, 1.54) is 0 Å². The highest BCUT2D eigenvalue weighted by atomic mass is 16.5. The number of nitriles is 1. The highest BCUT2D eigenvalue weighted by molar-refractivity contribution is 5.75. The number of primary amides is 1. The molecule has 8 heteroatoms. The molecular formula is C17H17N5O3. The number of carbonyl (C=O) groups is 1. The molecule has 0 unspecified atom stereocenters. The summed E-state index contributed by atoms with van der Waals surface area (Å²) in [5, 5.41) is 16.6. The monoisotopic (exact) mass is 339 g/mol. The minimum absolute atomic E-state index is 0.0446. The molecule has 0 fully saturated rings. The Hall–Kier alpha value is -3.47. The molecule has 8 nitrogen and oxygen atoms in total. The summed E-state index contributed by atoms with van der Waals surface area (Å²) in [6, 6.07) is 9.18. The van der Waals surface area contributed by atoms with Gasteiger partial charge in [-0.3, -0.25) is 9.89 Å². The fourth-order valence-corrected chi connectivity index (χ4v) is 2.82. The number of nitrogens with one attached hydrogen (secondary N) is 1. The van der Waals surface area contributed by atoms with Gasteiger partial charge in [0.2, 0.25) is 11.8 Å². The van der Waals surface area contributed by atoms with E-state index in [0.717, 1.165) is 16.8 Å². The lowest BCUT2D eigenvalue weighted by atomic mass is 9.83. The van der Waals surface area contributed by atoms with Gasteiger partial charge in [0.25, 0.3) is 5.91 Å². The van der Waals surface area contributed by atoms with E-state index >= 15 is 0 Å². The highest BCUT2D eigenvalue weighted by Crippen LogP contribution is 2.43. The van der Waals surface area contributed by atoms with Crippen LogP contribution in [0, 0.1) is 11.3 Å². The molecule has 1 aromatic heterocycles. The summed E-state index contributed by atoms with van der Waals surface area (Å²) in [7, 11) is 0. The molecule has 3 rings (SSSR count). The Balaban J connectivity index is 2.01. The van der Waals surface area contributed by atoms with Gasteiger partial charge in [-0.1, -0.05) is 19.1 Å². The first-order valence-electron chi connectivity index (χ1n) is 7.70. The Kier molecular flexibility index (Phi) is 4.31. The summed E-state index contributed by atoms with van der Waals surface area (Å²) in [4.78, 5) is 10.8. The lowest BCUT2D eigenvalue weighted by molar-refractivity contribution is -0.119. The number of nitrogens with zero attached hydrogens (tertiary/aromatic N) is 2. The second-order valence-corrected chi connectivity index (χ2v) is 5.52. The Morgan fingerprint density at radius 2 is 2.16 bits per heavy atom. The van der Waals surface area contributed by atoms with Gasteiger partial charge in [0.05, 0.1) is 5.92 Å². The zero-order chi connectivity index (χ0) is 18.0. The number of amides is 1. The number of aryl methyl sites for hydroxylation is 1. The van der Waals surface area contributed by atoms with Crippen molar-refractivity contribution in [2.75, 3.05) is 6.61 Å². The van der Waals surface area contributed by atoms with E-state index in [1.54, 1.807) is 12.1 Å². The van der Waals surface area contributed by atoms with Crippen molar-refractivity contribution in [3.05, 3.63) is 52.5 Å². The molecule has 1 aliphatic heterocycles. The topological polar surface area (TPSA) is 140 Å². The fourth-order valence-electron chi connectivity index (χ4n) is 2.82. The standard InChI is InChI=1S/C17H17N5O3/c1-2-12-15-14(11(7-18)16(20)25-17(15)22-21-12)9-3-5-10(6-4-9)24-8-13(19)23/h3-6,14H,2,8,20H2,1H3,(H2,19,23)(H,21,22)/t14-/m1/s1. The summed E-state index contributed by atoms with van der Waals surface area (Å²) >= 11 is 0. The van der Waals surface area contributed by atoms with Crippen LogP contribution in [-0.2, 0) is 11.2 Å². The van der Waals surface area contributed by atoms with Crippen LogP contribution in [-0.4, -0.2) is 22.7 Å². The van der Waals surface area contributed by atoms with Crippen LogP contribution in [0.3, 0.4) is 0 Å². The number of nitrogens with two attached hydrogens (primary N) is 2. The van der Waals surface area contributed by atoms with Crippen molar-refractivity contribution in [1.82, 2.24) is 10.2 Å². The largest absolute Gasteiger partial charge is 0.484 e. The van der Waals surface area contributed by atoms with Crippen LogP contribution in [0.15, 0.2) is 35.7 Å². The maximum Gasteiger partial charge on any atom is 0.255 e. The zero-order valence-electron chi connectivity index (χ0n) is 13.6. The van der Waals surface area contributed by atoms with E-state index < -0.39 is 5.91 Å². The molecule has 5 N–H and O–H groups in total. The number of aromatic nitrogens is 2. The van der Waals surface area contributed by atoms with Gasteiger partial charge in [0.1, 0.15) is 17.4 Å². The highest BCUT2D eigenvalue weighted by Gasteiger charge is 2.34. The first-order chi connectivity index (χ1) is 12.0. The molecule has 0 bridgehead atoms. The van der Waals surface area contributed by atoms with Gasteiger partial charge < -0.3 is 20.9 Å². The van der Waals surface area contributed by atoms with Gasteiger partial charge in [-0.05, 0) is 24.1 Å². The minimum Gasteiger partial charge on any atom is -0.484 e. The molecule has 0 spiro atoms. The number of fused-ring (bicyclic) bond motifs is 1. The van der Waals surface area contributed by atoms with E-state index in [1.807, 2.05) is 19.1 Å². The van der Waals surface area contributed by atoms with E-state index in [2.05, 4.69) is 16.3 Å².